The van der Waals surface area contributed by atoms with Crippen molar-refractivity contribution in [2.45, 2.75) is 20.3 Å². The van der Waals surface area contributed by atoms with Crippen molar-refractivity contribution in [2.75, 3.05) is 11.9 Å². The minimum Gasteiger partial charge on any atom is -0.462 e. The molecule has 0 aliphatic carbocycles. The van der Waals surface area contributed by atoms with Gasteiger partial charge in [0, 0.05) is 15.5 Å². The number of aryl methyl sites for hydroxylation is 1. The lowest BCUT2D eigenvalue weighted by Gasteiger charge is -2.09. The molecule has 1 heterocycles. The Morgan fingerprint density at radius 1 is 1.10 bits per heavy atom. The molecule has 1 aromatic heterocycles. The summed E-state index contributed by atoms with van der Waals surface area (Å²) in [6.45, 7) is 3.77. The highest BCUT2D eigenvalue weighted by molar-refractivity contribution is 7.17. The van der Waals surface area contributed by atoms with E-state index in [1.54, 1.807) is 43.3 Å². The van der Waals surface area contributed by atoms with Gasteiger partial charge in [0.25, 0.3) is 0 Å². The van der Waals surface area contributed by atoms with Crippen LogP contribution in [0.25, 0.3) is 11.1 Å². The number of anilines is 1. The Kier molecular flexibility index (Phi) is 6.67. The molecule has 0 aliphatic rings. The Hall–Kier alpha value is -2.70. The molecule has 0 fully saturated rings. The van der Waals surface area contributed by atoms with E-state index >= 15 is 0 Å². The van der Waals surface area contributed by atoms with Gasteiger partial charge in [-0.15, -0.1) is 11.3 Å². The summed E-state index contributed by atoms with van der Waals surface area (Å²) in [5.41, 5.74) is 2.40. The van der Waals surface area contributed by atoms with E-state index in [1.807, 2.05) is 6.92 Å². The zero-order valence-corrected chi connectivity index (χ0v) is 17.5. The van der Waals surface area contributed by atoms with E-state index in [4.69, 9.17) is 16.3 Å². The van der Waals surface area contributed by atoms with Gasteiger partial charge in [-0.1, -0.05) is 35.9 Å². The maximum Gasteiger partial charge on any atom is 0.341 e. The summed E-state index contributed by atoms with van der Waals surface area (Å²) >= 11 is 7.17. The van der Waals surface area contributed by atoms with Crippen molar-refractivity contribution in [2.24, 2.45) is 0 Å². The van der Waals surface area contributed by atoms with Gasteiger partial charge in [0.1, 0.15) is 16.4 Å². The van der Waals surface area contributed by atoms with Crippen LogP contribution >= 0.6 is 22.9 Å². The topological polar surface area (TPSA) is 55.4 Å². The Morgan fingerprint density at radius 2 is 1.76 bits per heavy atom. The van der Waals surface area contributed by atoms with Crippen LogP contribution in [0.2, 0.25) is 5.02 Å². The molecule has 0 radical (unpaired) electrons. The van der Waals surface area contributed by atoms with Gasteiger partial charge >= 0.3 is 5.97 Å². The molecule has 0 saturated heterocycles. The van der Waals surface area contributed by atoms with Crippen molar-refractivity contribution >= 4 is 39.8 Å². The molecule has 150 valence electrons. The van der Waals surface area contributed by atoms with Crippen molar-refractivity contribution in [3.05, 3.63) is 75.4 Å². The predicted molar refractivity (Wildman–Crippen MR) is 114 cm³/mol. The second kappa shape index (κ2) is 9.20. The van der Waals surface area contributed by atoms with Crippen LogP contribution < -0.4 is 5.32 Å². The first kappa shape index (κ1) is 21.0. The summed E-state index contributed by atoms with van der Waals surface area (Å²) in [6.07, 6.45) is 0.141. The molecule has 29 heavy (non-hydrogen) atoms. The number of ether oxygens (including phenoxy) is 1. The van der Waals surface area contributed by atoms with Gasteiger partial charge in [-0.2, -0.15) is 0 Å². The molecule has 3 rings (SSSR count). The van der Waals surface area contributed by atoms with Gasteiger partial charge in [-0.3, -0.25) is 4.79 Å². The standard InChI is InChI=1S/C22H19ClFNO3S/c1-3-28-22(27)20-19(15-6-10-17(24)11-7-15)13(2)29-21(20)25-18(26)12-14-4-8-16(23)9-5-14/h4-11H,3,12H2,1-2H3,(H,25,26). The predicted octanol–water partition coefficient (Wildman–Crippen LogP) is 5.87. The molecule has 0 aliphatic heterocycles. The fourth-order valence-corrected chi connectivity index (χ4v) is 4.16. The normalized spacial score (nSPS) is 10.6. The van der Waals surface area contributed by atoms with E-state index in [2.05, 4.69) is 5.32 Å². The van der Waals surface area contributed by atoms with Crippen molar-refractivity contribution in [1.82, 2.24) is 0 Å². The minimum atomic E-state index is -0.530. The van der Waals surface area contributed by atoms with Crippen LogP contribution in [0.1, 0.15) is 27.7 Å². The monoisotopic (exact) mass is 431 g/mol. The lowest BCUT2D eigenvalue weighted by Crippen LogP contribution is -2.16. The quantitative estimate of drug-likeness (QED) is 0.496. The van der Waals surface area contributed by atoms with E-state index in [0.29, 0.717) is 21.2 Å². The van der Waals surface area contributed by atoms with Crippen molar-refractivity contribution in [3.63, 3.8) is 0 Å². The summed E-state index contributed by atoms with van der Waals surface area (Å²) in [5, 5.41) is 3.84. The summed E-state index contributed by atoms with van der Waals surface area (Å²) < 4.78 is 18.5. The van der Waals surface area contributed by atoms with Gasteiger partial charge in [-0.05, 0) is 49.2 Å². The number of hydrogen-bond acceptors (Lipinski definition) is 4. The van der Waals surface area contributed by atoms with Gasteiger partial charge in [0.05, 0.1) is 13.0 Å². The maximum absolute atomic E-state index is 13.3. The Bertz CT molecular complexity index is 1030. The van der Waals surface area contributed by atoms with E-state index in [1.165, 1.54) is 23.5 Å². The molecule has 2 aromatic carbocycles. The average molecular weight is 432 g/mol. The fourth-order valence-electron chi connectivity index (χ4n) is 2.95. The SMILES string of the molecule is CCOC(=O)c1c(NC(=O)Cc2ccc(Cl)cc2)sc(C)c1-c1ccc(F)cc1. The number of amides is 1. The highest BCUT2D eigenvalue weighted by Crippen LogP contribution is 2.40. The average Bonchev–Trinajstić information content (AvgIpc) is 3.00. The second-order valence-electron chi connectivity index (χ2n) is 6.32. The van der Waals surface area contributed by atoms with Crippen molar-refractivity contribution < 1.29 is 18.7 Å². The van der Waals surface area contributed by atoms with Crippen LogP contribution in [0.15, 0.2) is 48.5 Å². The molecule has 3 aromatic rings. The number of nitrogens with one attached hydrogen (secondary N) is 1. The third kappa shape index (κ3) is 5.02. The van der Waals surface area contributed by atoms with Crippen LogP contribution in [0.3, 0.4) is 0 Å². The second-order valence-corrected chi connectivity index (χ2v) is 7.98. The van der Waals surface area contributed by atoms with Gasteiger partial charge in [0.15, 0.2) is 0 Å². The first-order valence-corrected chi connectivity index (χ1v) is 10.2. The first-order valence-electron chi connectivity index (χ1n) is 8.99. The van der Waals surface area contributed by atoms with E-state index < -0.39 is 5.97 Å². The molecule has 0 unspecified atom stereocenters. The third-order valence-electron chi connectivity index (χ3n) is 4.23. The number of thiophene rings is 1. The lowest BCUT2D eigenvalue weighted by atomic mass is 10.0. The highest BCUT2D eigenvalue weighted by Gasteiger charge is 2.25. The Morgan fingerprint density at radius 3 is 2.38 bits per heavy atom. The summed E-state index contributed by atoms with van der Waals surface area (Å²) in [4.78, 5) is 26.0. The molecule has 4 nitrogen and oxygen atoms in total. The fraction of sp³-hybridized carbons (Fsp3) is 0.182. The number of benzene rings is 2. The van der Waals surface area contributed by atoms with Gasteiger partial charge in [0.2, 0.25) is 5.91 Å². The van der Waals surface area contributed by atoms with Gasteiger partial charge in [-0.25, -0.2) is 9.18 Å². The van der Waals surface area contributed by atoms with Crippen LogP contribution in [0.5, 0.6) is 0 Å². The Labute approximate surface area is 177 Å². The zero-order chi connectivity index (χ0) is 21.0. The van der Waals surface area contributed by atoms with E-state index in [9.17, 15) is 14.0 Å². The molecule has 0 saturated carbocycles. The van der Waals surface area contributed by atoms with Crippen LogP contribution in [-0.4, -0.2) is 18.5 Å². The Balaban J connectivity index is 1.94. The van der Waals surface area contributed by atoms with Gasteiger partial charge < -0.3 is 10.1 Å². The van der Waals surface area contributed by atoms with Crippen LogP contribution in [0.4, 0.5) is 9.39 Å². The number of hydrogen-bond donors (Lipinski definition) is 1. The van der Waals surface area contributed by atoms with Crippen molar-refractivity contribution in [3.8, 4) is 11.1 Å². The number of carbonyl (C=O) groups excluding carboxylic acids is 2. The molecule has 1 N–H and O–H groups in total. The van der Waals surface area contributed by atoms with E-state index in [-0.39, 0.29) is 30.3 Å². The maximum atomic E-state index is 13.3. The molecule has 0 atom stereocenters. The highest BCUT2D eigenvalue weighted by atomic mass is 35.5. The molecule has 0 bridgehead atoms. The number of rotatable bonds is 6. The number of esters is 1. The first-order chi connectivity index (χ1) is 13.9. The molecule has 1 amide bonds. The number of carbonyl (C=O) groups is 2. The minimum absolute atomic E-state index is 0.141. The summed E-state index contributed by atoms with van der Waals surface area (Å²) in [6, 6.07) is 12.9. The summed E-state index contributed by atoms with van der Waals surface area (Å²) in [7, 11) is 0. The number of halogens is 2. The van der Waals surface area contributed by atoms with Crippen LogP contribution in [-0.2, 0) is 16.0 Å². The molecular formula is C22H19ClFNO3S. The lowest BCUT2D eigenvalue weighted by molar-refractivity contribution is -0.115. The largest absolute Gasteiger partial charge is 0.462 e. The zero-order valence-electron chi connectivity index (χ0n) is 15.9. The van der Waals surface area contributed by atoms with Crippen molar-refractivity contribution in [1.29, 1.82) is 0 Å². The third-order valence-corrected chi connectivity index (χ3v) is 5.50. The molecule has 7 heteroatoms. The summed E-state index contributed by atoms with van der Waals surface area (Å²) in [5.74, 6) is -1.15. The van der Waals surface area contributed by atoms with Crippen LogP contribution in [0, 0.1) is 12.7 Å². The van der Waals surface area contributed by atoms with E-state index in [0.717, 1.165) is 10.4 Å². The molecular weight excluding hydrogens is 413 g/mol. The molecule has 0 spiro atoms. The smallest absolute Gasteiger partial charge is 0.341 e.